The fourth-order valence-corrected chi connectivity index (χ4v) is 4.16. The third kappa shape index (κ3) is 4.83. The van der Waals surface area contributed by atoms with Gasteiger partial charge in [-0.3, -0.25) is 14.6 Å². The first-order valence-corrected chi connectivity index (χ1v) is 9.86. The highest BCUT2D eigenvalue weighted by molar-refractivity contribution is 5.78. The zero-order chi connectivity index (χ0) is 17.8. The molecule has 1 amide bonds. The fraction of sp³-hybridized carbons (Fsp3) is 0.667. The number of carbonyl (C=O) groups excluding carboxylic acids is 1. The highest BCUT2D eigenvalue weighted by Gasteiger charge is 2.26. The number of carbonyl (C=O) groups is 1. The van der Waals surface area contributed by atoms with Gasteiger partial charge in [0.25, 0.3) is 0 Å². The third-order valence-corrected chi connectivity index (χ3v) is 6.02. The molecule has 0 bridgehead atoms. The molecule has 1 heterocycles. The van der Waals surface area contributed by atoms with Crippen LogP contribution in [0.2, 0.25) is 0 Å². The van der Waals surface area contributed by atoms with Crippen LogP contribution in [-0.2, 0) is 4.79 Å². The summed E-state index contributed by atoms with van der Waals surface area (Å²) < 4.78 is 0. The van der Waals surface area contributed by atoms with Crippen LogP contribution in [0.5, 0.6) is 0 Å². The molecule has 1 aromatic carbocycles. The topological polar surface area (TPSA) is 35.6 Å². The average Bonchev–Trinajstić information content (AvgIpc) is 3.12. The number of nitrogens with zero attached hydrogens (tertiary/aromatic N) is 2. The summed E-state index contributed by atoms with van der Waals surface area (Å²) in [5.74, 6) is 0.139. The van der Waals surface area contributed by atoms with Crippen molar-refractivity contribution in [2.45, 2.75) is 58.5 Å². The molecule has 1 atom stereocenters. The summed E-state index contributed by atoms with van der Waals surface area (Å²) in [6.45, 7) is 11.1. The largest absolute Gasteiger partial charge is 0.348 e. The molecule has 138 valence electrons. The number of hydrogen-bond donors (Lipinski definition) is 1. The van der Waals surface area contributed by atoms with Crippen molar-refractivity contribution in [1.29, 1.82) is 0 Å². The monoisotopic (exact) mass is 343 g/mol. The van der Waals surface area contributed by atoms with Gasteiger partial charge in [-0.2, -0.15) is 0 Å². The fourth-order valence-electron chi connectivity index (χ4n) is 4.16. The van der Waals surface area contributed by atoms with E-state index in [2.05, 4.69) is 54.1 Å². The molecule has 2 fully saturated rings. The molecule has 25 heavy (non-hydrogen) atoms. The van der Waals surface area contributed by atoms with Gasteiger partial charge >= 0.3 is 0 Å². The minimum atomic E-state index is 0.0616. The van der Waals surface area contributed by atoms with Crippen molar-refractivity contribution in [1.82, 2.24) is 15.1 Å². The molecule has 0 radical (unpaired) electrons. The van der Waals surface area contributed by atoms with Crippen LogP contribution in [0.15, 0.2) is 18.2 Å². The Morgan fingerprint density at radius 2 is 1.80 bits per heavy atom. The number of piperazine rings is 1. The number of hydrogen-bond acceptors (Lipinski definition) is 3. The van der Waals surface area contributed by atoms with Crippen molar-refractivity contribution >= 4 is 5.91 Å². The smallest absolute Gasteiger partial charge is 0.234 e. The molecule has 0 spiro atoms. The Kier molecular flexibility index (Phi) is 6.13. The van der Waals surface area contributed by atoms with Crippen LogP contribution in [-0.4, -0.2) is 54.5 Å². The molecule has 1 saturated heterocycles. The van der Waals surface area contributed by atoms with Gasteiger partial charge in [0.15, 0.2) is 0 Å². The highest BCUT2D eigenvalue weighted by atomic mass is 16.2. The molecule has 3 rings (SSSR count). The van der Waals surface area contributed by atoms with E-state index in [1.165, 1.54) is 42.4 Å². The third-order valence-electron chi connectivity index (χ3n) is 6.02. The molecule has 1 unspecified atom stereocenters. The maximum Gasteiger partial charge on any atom is 0.234 e. The SMILES string of the molecule is Cc1ccc(C(C)NC(=O)CN2CCN(C3CCCC3)CC2)cc1C. The van der Waals surface area contributed by atoms with Crippen LogP contribution in [0.4, 0.5) is 0 Å². The molecule has 1 aliphatic heterocycles. The van der Waals surface area contributed by atoms with Gasteiger partial charge in [0.2, 0.25) is 5.91 Å². The van der Waals surface area contributed by atoms with E-state index in [0.717, 1.165) is 32.2 Å². The average molecular weight is 344 g/mol. The number of nitrogens with one attached hydrogen (secondary N) is 1. The lowest BCUT2D eigenvalue weighted by Gasteiger charge is -2.37. The second-order valence-electron chi connectivity index (χ2n) is 7.88. The first-order chi connectivity index (χ1) is 12.0. The van der Waals surface area contributed by atoms with Gasteiger partial charge in [-0.25, -0.2) is 0 Å². The van der Waals surface area contributed by atoms with E-state index < -0.39 is 0 Å². The number of benzene rings is 1. The predicted octanol–water partition coefficient (Wildman–Crippen LogP) is 3.04. The van der Waals surface area contributed by atoms with Crippen molar-refractivity contribution < 1.29 is 4.79 Å². The lowest BCUT2D eigenvalue weighted by atomic mass is 10.0. The minimum Gasteiger partial charge on any atom is -0.348 e. The van der Waals surface area contributed by atoms with Crippen molar-refractivity contribution in [2.75, 3.05) is 32.7 Å². The molecular weight excluding hydrogens is 310 g/mol. The molecule has 2 aliphatic rings. The van der Waals surface area contributed by atoms with Gasteiger partial charge in [-0.1, -0.05) is 31.0 Å². The summed E-state index contributed by atoms with van der Waals surface area (Å²) in [5.41, 5.74) is 3.76. The Morgan fingerprint density at radius 3 is 2.44 bits per heavy atom. The molecule has 1 N–H and O–H groups in total. The first kappa shape index (κ1) is 18.4. The Labute approximate surface area is 152 Å². The van der Waals surface area contributed by atoms with Crippen LogP contribution in [0, 0.1) is 13.8 Å². The summed E-state index contributed by atoms with van der Waals surface area (Å²) in [6.07, 6.45) is 5.52. The first-order valence-electron chi connectivity index (χ1n) is 9.86. The highest BCUT2D eigenvalue weighted by Crippen LogP contribution is 2.24. The van der Waals surface area contributed by atoms with E-state index >= 15 is 0 Å². The summed E-state index contributed by atoms with van der Waals surface area (Å²) in [4.78, 5) is 17.4. The van der Waals surface area contributed by atoms with Crippen LogP contribution in [0.1, 0.15) is 55.3 Å². The van der Waals surface area contributed by atoms with Crippen LogP contribution in [0.25, 0.3) is 0 Å². The summed E-state index contributed by atoms with van der Waals surface area (Å²) in [6, 6.07) is 7.30. The van der Waals surface area contributed by atoms with Crippen molar-refractivity contribution in [3.63, 3.8) is 0 Å². The van der Waals surface area contributed by atoms with Crippen molar-refractivity contribution in [3.05, 3.63) is 34.9 Å². The molecule has 1 saturated carbocycles. The molecule has 4 heteroatoms. The molecular formula is C21H33N3O. The molecule has 0 aromatic heterocycles. The van der Waals surface area contributed by atoms with Gasteiger partial charge in [0, 0.05) is 32.2 Å². The van der Waals surface area contributed by atoms with Crippen LogP contribution in [0.3, 0.4) is 0 Å². The normalized spacial score (nSPS) is 21.4. The van der Waals surface area contributed by atoms with Gasteiger partial charge in [-0.05, 0) is 50.3 Å². The quantitative estimate of drug-likeness (QED) is 0.892. The molecule has 4 nitrogen and oxygen atoms in total. The van der Waals surface area contributed by atoms with E-state index in [-0.39, 0.29) is 11.9 Å². The zero-order valence-corrected chi connectivity index (χ0v) is 16.1. The van der Waals surface area contributed by atoms with Gasteiger partial charge in [0.1, 0.15) is 0 Å². The maximum atomic E-state index is 12.4. The van der Waals surface area contributed by atoms with Gasteiger partial charge in [-0.15, -0.1) is 0 Å². The second-order valence-corrected chi connectivity index (χ2v) is 7.88. The van der Waals surface area contributed by atoms with E-state index in [1.54, 1.807) is 0 Å². The van der Waals surface area contributed by atoms with Gasteiger partial charge < -0.3 is 5.32 Å². The van der Waals surface area contributed by atoms with Crippen molar-refractivity contribution in [2.24, 2.45) is 0 Å². The maximum absolute atomic E-state index is 12.4. The number of rotatable bonds is 5. The van der Waals surface area contributed by atoms with E-state index in [4.69, 9.17) is 0 Å². The summed E-state index contributed by atoms with van der Waals surface area (Å²) in [7, 11) is 0. The van der Waals surface area contributed by atoms with Crippen LogP contribution < -0.4 is 5.32 Å². The molecule has 1 aromatic rings. The van der Waals surface area contributed by atoms with E-state index in [0.29, 0.717) is 6.54 Å². The number of amides is 1. The zero-order valence-electron chi connectivity index (χ0n) is 16.1. The Balaban J connectivity index is 1.44. The Hall–Kier alpha value is -1.39. The van der Waals surface area contributed by atoms with Gasteiger partial charge in [0.05, 0.1) is 12.6 Å². The van der Waals surface area contributed by atoms with E-state index in [1.807, 2.05) is 0 Å². The number of aryl methyl sites for hydroxylation is 2. The minimum absolute atomic E-state index is 0.0616. The standard InChI is InChI=1S/C21H33N3O/c1-16-8-9-19(14-17(16)2)18(3)22-21(25)15-23-10-12-24(13-11-23)20-6-4-5-7-20/h8-9,14,18,20H,4-7,10-13,15H2,1-3H3,(H,22,25). The molecule has 1 aliphatic carbocycles. The lowest BCUT2D eigenvalue weighted by molar-refractivity contribution is -0.123. The lowest BCUT2D eigenvalue weighted by Crippen LogP contribution is -2.51. The Morgan fingerprint density at radius 1 is 1.12 bits per heavy atom. The predicted molar refractivity (Wildman–Crippen MR) is 103 cm³/mol. The summed E-state index contributed by atoms with van der Waals surface area (Å²) in [5, 5.41) is 3.16. The summed E-state index contributed by atoms with van der Waals surface area (Å²) >= 11 is 0. The van der Waals surface area contributed by atoms with Crippen LogP contribution >= 0.6 is 0 Å². The van der Waals surface area contributed by atoms with E-state index in [9.17, 15) is 4.79 Å². The van der Waals surface area contributed by atoms with Crippen molar-refractivity contribution in [3.8, 4) is 0 Å². The second kappa shape index (κ2) is 8.33. The Bertz CT molecular complexity index is 587.